The van der Waals surface area contributed by atoms with Crippen molar-refractivity contribution in [1.29, 1.82) is 0 Å². The zero-order valence-corrected chi connectivity index (χ0v) is 6.76. The van der Waals surface area contributed by atoms with Crippen molar-refractivity contribution in [2.45, 2.75) is 12.5 Å². The molecule has 0 fully saturated rings. The van der Waals surface area contributed by atoms with Gasteiger partial charge >= 0.3 is 6.11 Å². The predicted molar refractivity (Wildman–Crippen MR) is 42.1 cm³/mol. The summed E-state index contributed by atoms with van der Waals surface area (Å²) in [6, 6.07) is 8.52. The first-order valence-corrected chi connectivity index (χ1v) is 3.61. The molecule has 0 unspecified atom stereocenters. The summed E-state index contributed by atoms with van der Waals surface area (Å²) >= 11 is 0. The fraction of sp³-hybridized carbons (Fsp3) is 0.333. The maximum Gasteiger partial charge on any atom is 0.359 e. The van der Waals surface area contributed by atoms with E-state index in [9.17, 15) is 8.78 Å². The maximum atomic E-state index is 12.6. The molecule has 3 heteroatoms. The van der Waals surface area contributed by atoms with E-state index >= 15 is 0 Å². The Bertz CT molecular complexity index is 234. The molecule has 0 spiro atoms. The molecular weight excluding hydrogens is 162 g/mol. The van der Waals surface area contributed by atoms with Crippen molar-refractivity contribution >= 4 is 0 Å². The largest absolute Gasteiger partial charge is 0.359 e. The Hall–Kier alpha value is -0.960. The fourth-order valence-corrected chi connectivity index (χ4v) is 0.906. The van der Waals surface area contributed by atoms with E-state index in [2.05, 4.69) is 4.74 Å². The fourth-order valence-electron chi connectivity index (χ4n) is 0.906. The molecule has 0 aliphatic heterocycles. The van der Waals surface area contributed by atoms with Crippen LogP contribution in [-0.4, -0.2) is 13.2 Å². The van der Waals surface area contributed by atoms with Crippen LogP contribution in [0.3, 0.4) is 0 Å². The lowest BCUT2D eigenvalue weighted by molar-refractivity contribution is -0.219. The van der Waals surface area contributed by atoms with Crippen LogP contribution in [0.4, 0.5) is 8.78 Å². The minimum Gasteiger partial charge on any atom is -0.324 e. The second-order valence-electron chi connectivity index (χ2n) is 2.50. The Balaban J connectivity index is 2.64. The van der Waals surface area contributed by atoms with Gasteiger partial charge in [0.05, 0.1) is 6.42 Å². The first-order chi connectivity index (χ1) is 5.64. The highest BCUT2D eigenvalue weighted by Crippen LogP contribution is 2.19. The molecule has 0 aliphatic rings. The maximum absolute atomic E-state index is 12.6. The number of alkyl halides is 2. The lowest BCUT2D eigenvalue weighted by atomic mass is 10.1. The molecule has 0 atom stereocenters. The molecule has 0 saturated carbocycles. The van der Waals surface area contributed by atoms with E-state index in [1.807, 2.05) is 0 Å². The summed E-state index contributed by atoms with van der Waals surface area (Å²) < 4.78 is 29.2. The van der Waals surface area contributed by atoms with Gasteiger partial charge in [0.15, 0.2) is 0 Å². The van der Waals surface area contributed by atoms with Crippen LogP contribution in [0.2, 0.25) is 0 Å². The summed E-state index contributed by atoms with van der Waals surface area (Å²) in [5.74, 6) is 0. The number of halogens is 2. The van der Waals surface area contributed by atoms with Gasteiger partial charge in [-0.1, -0.05) is 30.3 Å². The summed E-state index contributed by atoms with van der Waals surface area (Å²) in [7, 11) is 1.00. The van der Waals surface area contributed by atoms with Gasteiger partial charge in [-0.05, 0) is 5.56 Å². The zero-order valence-electron chi connectivity index (χ0n) is 6.76. The van der Waals surface area contributed by atoms with E-state index in [-0.39, 0.29) is 6.42 Å². The summed E-state index contributed by atoms with van der Waals surface area (Å²) in [4.78, 5) is 0. The van der Waals surface area contributed by atoms with Gasteiger partial charge < -0.3 is 4.74 Å². The van der Waals surface area contributed by atoms with E-state index in [1.165, 1.54) is 0 Å². The monoisotopic (exact) mass is 172 g/mol. The summed E-state index contributed by atoms with van der Waals surface area (Å²) in [5.41, 5.74) is 0.573. The molecule has 1 rings (SSSR count). The number of rotatable bonds is 3. The average molecular weight is 172 g/mol. The summed E-state index contributed by atoms with van der Waals surface area (Å²) in [5, 5.41) is 0. The van der Waals surface area contributed by atoms with Crippen LogP contribution in [0.15, 0.2) is 30.3 Å². The molecule has 0 aromatic heterocycles. The van der Waals surface area contributed by atoms with E-state index in [0.29, 0.717) is 5.56 Å². The number of hydrogen-bond donors (Lipinski definition) is 0. The van der Waals surface area contributed by atoms with E-state index in [0.717, 1.165) is 7.11 Å². The standard InChI is InChI=1S/C9H10F2O/c1-12-9(10,11)7-8-5-3-2-4-6-8/h2-6H,7H2,1H3. The molecule has 0 aliphatic carbocycles. The number of methoxy groups -OCH3 is 1. The topological polar surface area (TPSA) is 9.23 Å². The van der Waals surface area contributed by atoms with E-state index in [4.69, 9.17) is 0 Å². The second-order valence-corrected chi connectivity index (χ2v) is 2.50. The van der Waals surface area contributed by atoms with Crippen LogP contribution in [-0.2, 0) is 11.2 Å². The summed E-state index contributed by atoms with van der Waals surface area (Å²) in [6.45, 7) is 0. The minimum absolute atomic E-state index is 0.371. The van der Waals surface area contributed by atoms with Gasteiger partial charge in [0.1, 0.15) is 0 Å². The molecule has 1 aromatic carbocycles. The third-order valence-electron chi connectivity index (χ3n) is 1.55. The van der Waals surface area contributed by atoms with Crippen molar-refractivity contribution < 1.29 is 13.5 Å². The second kappa shape index (κ2) is 3.63. The smallest absolute Gasteiger partial charge is 0.324 e. The molecule has 0 radical (unpaired) electrons. The van der Waals surface area contributed by atoms with Gasteiger partial charge in [0.25, 0.3) is 0 Å². The first-order valence-electron chi connectivity index (χ1n) is 3.61. The van der Waals surface area contributed by atoms with Crippen LogP contribution in [0.25, 0.3) is 0 Å². The number of benzene rings is 1. The highest BCUT2D eigenvalue weighted by Gasteiger charge is 2.27. The van der Waals surface area contributed by atoms with Gasteiger partial charge in [0, 0.05) is 7.11 Å². The van der Waals surface area contributed by atoms with Crippen molar-refractivity contribution in [2.75, 3.05) is 7.11 Å². The molecule has 66 valence electrons. The lowest BCUT2D eigenvalue weighted by Gasteiger charge is -2.13. The Morgan fingerprint density at radius 1 is 1.25 bits per heavy atom. The van der Waals surface area contributed by atoms with Gasteiger partial charge in [0.2, 0.25) is 0 Å². The Morgan fingerprint density at radius 2 is 1.83 bits per heavy atom. The molecule has 12 heavy (non-hydrogen) atoms. The lowest BCUT2D eigenvalue weighted by Crippen LogP contribution is -2.21. The Labute approximate surface area is 70.0 Å². The van der Waals surface area contributed by atoms with E-state index < -0.39 is 6.11 Å². The first kappa shape index (κ1) is 9.13. The molecule has 1 nitrogen and oxygen atoms in total. The quantitative estimate of drug-likeness (QED) is 0.680. The third kappa shape index (κ3) is 2.58. The van der Waals surface area contributed by atoms with Gasteiger partial charge in [-0.2, -0.15) is 8.78 Å². The predicted octanol–water partition coefficient (Wildman–Crippen LogP) is 2.47. The molecule has 0 heterocycles. The van der Waals surface area contributed by atoms with Crippen LogP contribution in [0.5, 0.6) is 0 Å². The highest BCUT2D eigenvalue weighted by molar-refractivity contribution is 5.15. The molecule has 0 saturated heterocycles. The minimum atomic E-state index is -3.05. The van der Waals surface area contributed by atoms with Gasteiger partial charge in [-0.25, -0.2) is 0 Å². The van der Waals surface area contributed by atoms with Crippen molar-refractivity contribution in [2.24, 2.45) is 0 Å². The normalized spacial score (nSPS) is 11.6. The SMILES string of the molecule is COC(F)(F)Cc1ccccc1. The molecule has 1 aromatic rings. The molecule has 0 bridgehead atoms. The number of ether oxygens (including phenoxy) is 1. The summed E-state index contributed by atoms with van der Waals surface area (Å²) in [6.07, 6.45) is -3.42. The molecular formula is C9H10F2O. The van der Waals surface area contributed by atoms with Crippen molar-refractivity contribution in [3.63, 3.8) is 0 Å². The highest BCUT2D eigenvalue weighted by atomic mass is 19.3. The Morgan fingerprint density at radius 3 is 2.33 bits per heavy atom. The van der Waals surface area contributed by atoms with Crippen LogP contribution in [0.1, 0.15) is 5.56 Å². The van der Waals surface area contributed by atoms with Crippen LogP contribution in [0, 0.1) is 0 Å². The molecule has 0 amide bonds. The third-order valence-corrected chi connectivity index (χ3v) is 1.55. The Kier molecular flexibility index (Phi) is 2.76. The van der Waals surface area contributed by atoms with Crippen molar-refractivity contribution in [1.82, 2.24) is 0 Å². The van der Waals surface area contributed by atoms with Crippen molar-refractivity contribution in [3.05, 3.63) is 35.9 Å². The van der Waals surface area contributed by atoms with Gasteiger partial charge in [-0.3, -0.25) is 0 Å². The zero-order chi connectivity index (χ0) is 9.03. The van der Waals surface area contributed by atoms with Crippen LogP contribution >= 0.6 is 0 Å². The van der Waals surface area contributed by atoms with Crippen LogP contribution < -0.4 is 0 Å². The molecule has 0 N–H and O–H groups in total. The number of hydrogen-bond acceptors (Lipinski definition) is 1. The van der Waals surface area contributed by atoms with Crippen molar-refractivity contribution in [3.8, 4) is 0 Å². The van der Waals surface area contributed by atoms with Gasteiger partial charge in [-0.15, -0.1) is 0 Å². The average Bonchev–Trinajstić information content (AvgIpc) is 2.06. The van der Waals surface area contributed by atoms with E-state index in [1.54, 1.807) is 30.3 Å².